The number of ether oxygens (including phenoxy) is 2. The topological polar surface area (TPSA) is 88.4 Å². The number of esters is 1. The van der Waals surface area contributed by atoms with Crippen LogP contribution in [0.3, 0.4) is 0 Å². The molecule has 0 aromatic heterocycles. The Morgan fingerprint density at radius 3 is 2.25 bits per heavy atom. The number of hydrogen-bond donors (Lipinski definition) is 1. The Morgan fingerprint density at radius 1 is 0.938 bits per heavy atom. The molecule has 1 N–H and O–H groups in total. The average molecular weight is 426 g/mol. The Morgan fingerprint density at radius 2 is 1.62 bits per heavy atom. The van der Waals surface area contributed by atoms with E-state index in [4.69, 9.17) is 4.74 Å². The van der Waals surface area contributed by atoms with Crippen LogP contribution in [0.5, 0.6) is 5.75 Å². The SMILES string of the molecule is COC(=O)c1ccc(COc2ccc(C=C(C#N)C(=O)NCc3ccccc3)cc2)cc1. The Kier molecular flexibility index (Phi) is 7.77. The van der Waals surface area contributed by atoms with Crippen LogP contribution in [0.25, 0.3) is 6.08 Å². The summed E-state index contributed by atoms with van der Waals surface area (Å²) < 4.78 is 10.4. The number of carbonyl (C=O) groups is 2. The Labute approximate surface area is 186 Å². The van der Waals surface area contributed by atoms with Gasteiger partial charge in [0.2, 0.25) is 0 Å². The van der Waals surface area contributed by atoms with Crippen LogP contribution in [0.4, 0.5) is 0 Å². The lowest BCUT2D eigenvalue weighted by molar-refractivity contribution is -0.117. The van der Waals surface area contributed by atoms with Crippen molar-refractivity contribution in [2.45, 2.75) is 13.2 Å². The highest BCUT2D eigenvalue weighted by atomic mass is 16.5. The zero-order chi connectivity index (χ0) is 22.8. The lowest BCUT2D eigenvalue weighted by atomic mass is 10.1. The van der Waals surface area contributed by atoms with E-state index >= 15 is 0 Å². The maximum atomic E-state index is 12.3. The van der Waals surface area contributed by atoms with E-state index in [1.54, 1.807) is 48.5 Å². The molecule has 0 heterocycles. The predicted octanol–water partition coefficient (Wildman–Crippen LogP) is 4.28. The summed E-state index contributed by atoms with van der Waals surface area (Å²) in [6.07, 6.45) is 1.54. The fourth-order valence-electron chi connectivity index (χ4n) is 2.87. The minimum atomic E-state index is -0.424. The van der Waals surface area contributed by atoms with E-state index in [1.807, 2.05) is 36.4 Å². The molecule has 3 aromatic rings. The largest absolute Gasteiger partial charge is 0.489 e. The van der Waals surface area contributed by atoms with Crippen LogP contribution in [0.1, 0.15) is 27.0 Å². The summed E-state index contributed by atoms with van der Waals surface area (Å²) in [6, 6.07) is 25.5. The van der Waals surface area contributed by atoms with E-state index in [9.17, 15) is 14.9 Å². The van der Waals surface area contributed by atoms with E-state index in [-0.39, 0.29) is 11.5 Å². The molecule has 6 nitrogen and oxygen atoms in total. The first-order valence-corrected chi connectivity index (χ1v) is 9.93. The summed E-state index contributed by atoms with van der Waals surface area (Å²) in [4.78, 5) is 23.8. The predicted molar refractivity (Wildman–Crippen MR) is 120 cm³/mol. The Hall–Kier alpha value is -4.37. The quantitative estimate of drug-likeness (QED) is 0.330. The molecule has 6 heteroatoms. The molecule has 1 amide bonds. The second-order valence-corrected chi connectivity index (χ2v) is 6.88. The van der Waals surface area contributed by atoms with E-state index in [0.717, 1.165) is 11.1 Å². The summed E-state index contributed by atoms with van der Waals surface area (Å²) in [5.41, 5.74) is 3.09. The van der Waals surface area contributed by atoms with Crippen LogP contribution in [0.15, 0.2) is 84.4 Å². The van der Waals surface area contributed by atoms with Crippen LogP contribution in [0, 0.1) is 11.3 Å². The molecule has 0 spiro atoms. The molecule has 32 heavy (non-hydrogen) atoms. The number of carbonyl (C=O) groups excluding carboxylic acids is 2. The van der Waals surface area contributed by atoms with Crippen LogP contribution in [0.2, 0.25) is 0 Å². The number of benzene rings is 3. The van der Waals surface area contributed by atoms with Gasteiger partial charge in [-0.1, -0.05) is 54.6 Å². The molecule has 0 aliphatic heterocycles. The van der Waals surface area contributed by atoms with Crippen molar-refractivity contribution in [1.29, 1.82) is 5.26 Å². The fraction of sp³-hybridized carbons (Fsp3) is 0.115. The van der Waals surface area contributed by atoms with Gasteiger partial charge in [-0.15, -0.1) is 0 Å². The van der Waals surface area contributed by atoms with Crippen molar-refractivity contribution in [3.8, 4) is 11.8 Å². The van der Waals surface area contributed by atoms with Crippen LogP contribution < -0.4 is 10.1 Å². The smallest absolute Gasteiger partial charge is 0.337 e. The van der Waals surface area contributed by atoms with Crippen molar-refractivity contribution in [3.05, 3.63) is 107 Å². The summed E-state index contributed by atoms with van der Waals surface area (Å²) in [5.74, 6) is -0.162. The van der Waals surface area contributed by atoms with Gasteiger partial charge in [0.25, 0.3) is 5.91 Å². The zero-order valence-electron chi connectivity index (χ0n) is 17.6. The monoisotopic (exact) mass is 426 g/mol. The first-order chi connectivity index (χ1) is 15.6. The number of hydrogen-bond acceptors (Lipinski definition) is 5. The van der Waals surface area contributed by atoms with Gasteiger partial charge in [-0.25, -0.2) is 4.79 Å². The van der Waals surface area contributed by atoms with E-state index in [2.05, 4.69) is 10.1 Å². The molecule has 3 aromatic carbocycles. The van der Waals surface area contributed by atoms with E-state index in [0.29, 0.717) is 30.0 Å². The highest BCUT2D eigenvalue weighted by Crippen LogP contribution is 2.17. The minimum Gasteiger partial charge on any atom is -0.489 e. The zero-order valence-corrected chi connectivity index (χ0v) is 17.6. The molecule has 0 atom stereocenters. The highest BCUT2D eigenvalue weighted by molar-refractivity contribution is 6.01. The molecule has 3 rings (SSSR count). The van der Waals surface area contributed by atoms with Crippen LogP contribution in [-0.4, -0.2) is 19.0 Å². The molecular weight excluding hydrogens is 404 g/mol. The standard InChI is InChI=1S/C26H22N2O4/c1-31-26(30)22-11-7-21(8-12-22)18-32-24-13-9-19(10-14-24)15-23(16-27)25(29)28-17-20-5-3-2-4-6-20/h2-15H,17-18H2,1H3,(H,28,29). The molecule has 0 unspecified atom stereocenters. The normalized spacial score (nSPS) is 10.7. The third-order valence-electron chi connectivity index (χ3n) is 4.63. The second kappa shape index (κ2) is 11.1. The molecule has 0 radical (unpaired) electrons. The summed E-state index contributed by atoms with van der Waals surface area (Å²) in [7, 11) is 1.34. The number of nitriles is 1. The molecule has 0 fully saturated rings. The van der Waals surface area contributed by atoms with Gasteiger partial charge in [0.15, 0.2) is 0 Å². The molecule has 0 aliphatic carbocycles. The van der Waals surface area contributed by atoms with Crippen molar-refractivity contribution in [2.75, 3.05) is 7.11 Å². The van der Waals surface area contributed by atoms with Gasteiger partial charge < -0.3 is 14.8 Å². The van der Waals surface area contributed by atoms with Crippen molar-refractivity contribution < 1.29 is 19.1 Å². The van der Waals surface area contributed by atoms with E-state index < -0.39 is 5.91 Å². The molecule has 0 bridgehead atoms. The Balaban J connectivity index is 1.56. The molecule has 0 aliphatic rings. The van der Waals surface area contributed by atoms with Gasteiger partial charge in [0.1, 0.15) is 24.0 Å². The lowest BCUT2D eigenvalue weighted by Gasteiger charge is -2.08. The highest BCUT2D eigenvalue weighted by Gasteiger charge is 2.09. The molecular formula is C26H22N2O4. The molecule has 160 valence electrons. The maximum absolute atomic E-state index is 12.3. The number of nitrogens with zero attached hydrogens (tertiary/aromatic N) is 1. The van der Waals surface area contributed by atoms with Crippen molar-refractivity contribution in [2.24, 2.45) is 0 Å². The third-order valence-corrected chi connectivity index (χ3v) is 4.63. The maximum Gasteiger partial charge on any atom is 0.337 e. The second-order valence-electron chi connectivity index (χ2n) is 6.88. The van der Waals surface area contributed by atoms with Crippen molar-refractivity contribution in [1.82, 2.24) is 5.32 Å². The van der Waals surface area contributed by atoms with Crippen LogP contribution in [-0.2, 0) is 22.7 Å². The van der Waals surface area contributed by atoms with Gasteiger partial charge in [-0.2, -0.15) is 5.26 Å². The Bertz CT molecular complexity index is 1130. The van der Waals surface area contributed by atoms with E-state index in [1.165, 1.54) is 13.2 Å². The van der Waals surface area contributed by atoms with Gasteiger partial charge in [-0.3, -0.25) is 4.79 Å². The van der Waals surface area contributed by atoms with Gasteiger partial charge in [-0.05, 0) is 47.0 Å². The van der Waals surface area contributed by atoms with Crippen molar-refractivity contribution in [3.63, 3.8) is 0 Å². The van der Waals surface area contributed by atoms with Crippen LogP contribution >= 0.6 is 0 Å². The molecule has 0 saturated carbocycles. The number of rotatable bonds is 8. The number of nitrogens with one attached hydrogen (secondary N) is 1. The first kappa shape index (κ1) is 22.3. The van der Waals surface area contributed by atoms with Gasteiger partial charge in [0, 0.05) is 6.54 Å². The minimum absolute atomic E-state index is 0.0281. The molecule has 0 saturated heterocycles. The van der Waals surface area contributed by atoms with Gasteiger partial charge >= 0.3 is 5.97 Å². The summed E-state index contributed by atoms with van der Waals surface area (Å²) >= 11 is 0. The summed E-state index contributed by atoms with van der Waals surface area (Å²) in [5, 5.41) is 12.1. The summed E-state index contributed by atoms with van der Waals surface area (Å²) in [6.45, 7) is 0.689. The number of amides is 1. The van der Waals surface area contributed by atoms with Crippen molar-refractivity contribution >= 4 is 18.0 Å². The third kappa shape index (κ3) is 6.31. The average Bonchev–Trinajstić information content (AvgIpc) is 2.85. The number of methoxy groups -OCH3 is 1. The van der Waals surface area contributed by atoms with Gasteiger partial charge in [0.05, 0.1) is 12.7 Å². The first-order valence-electron chi connectivity index (χ1n) is 9.93. The fourth-order valence-corrected chi connectivity index (χ4v) is 2.87. The lowest BCUT2D eigenvalue weighted by Crippen LogP contribution is -2.23.